The summed E-state index contributed by atoms with van der Waals surface area (Å²) in [5.41, 5.74) is 3.74. The normalized spacial score (nSPS) is 18.6. The fourth-order valence-electron chi connectivity index (χ4n) is 4.12. The van der Waals surface area contributed by atoms with Crippen LogP contribution in [-0.2, 0) is 11.2 Å². The molecule has 1 unspecified atom stereocenters. The van der Waals surface area contributed by atoms with Crippen LogP contribution < -0.4 is 9.64 Å². The number of halogens is 1. The molecule has 2 fully saturated rings. The third-order valence-corrected chi connectivity index (χ3v) is 6.12. The lowest BCUT2D eigenvalue weighted by Gasteiger charge is -2.17. The highest BCUT2D eigenvalue weighted by molar-refractivity contribution is 5.96. The maximum atomic E-state index is 14.1. The molecule has 1 amide bonds. The molecule has 0 spiro atoms. The summed E-state index contributed by atoms with van der Waals surface area (Å²) in [6.07, 6.45) is 7.22. The van der Waals surface area contributed by atoms with Crippen LogP contribution in [0, 0.1) is 24.6 Å². The highest BCUT2D eigenvalue weighted by Gasteiger charge is 2.33. The molecule has 1 saturated heterocycles. The molecule has 1 atom stereocenters. The molecule has 6 nitrogen and oxygen atoms in total. The molecule has 3 heterocycles. The Balaban J connectivity index is 1.28. The van der Waals surface area contributed by atoms with E-state index in [1.165, 1.54) is 6.07 Å². The van der Waals surface area contributed by atoms with Crippen LogP contribution in [0.2, 0.25) is 0 Å². The topological polar surface area (TPSA) is 71.1 Å². The largest absolute Gasteiger partial charge is 0.490 e. The van der Waals surface area contributed by atoms with Gasteiger partial charge < -0.3 is 4.74 Å². The molecule has 1 saturated carbocycles. The third-order valence-electron chi connectivity index (χ3n) is 6.12. The fraction of sp³-hybridized carbons (Fsp3) is 0.375. The van der Waals surface area contributed by atoms with Gasteiger partial charge >= 0.3 is 0 Å². The van der Waals surface area contributed by atoms with Crippen molar-refractivity contribution in [3.05, 3.63) is 59.8 Å². The minimum absolute atomic E-state index is 0.0627. The van der Waals surface area contributed by atoms with E-state index >= 15 is 0 Å². The Morgan fingerprint density at radius 2 is 2.10 bits per heavy atom. The number of anilines is 1. The molecule has 7 heteroatoms. The van der Waals surface area contributed by atoms with Gasteiger partial charge in [0.15, 0.2) is 11.6 Å². The van der Waals surface area contributed by atoms with Gasteiger partial charge in [-0.15, -0.1) is 0 Å². The molecular formula is C24H25FN4O2. The monoisotopic (exact) mass is 420 g/mol. The Labute approximate surface area is 180 Å². The molecular weight excluding hydrogens is 395 g/mol. The number of nitrogens with one attached hydrogen (secondary N) is 1. The van der Waals surface area contributed by atoms with Gasteiger partial charge in [-0.25, -0.2) is 9.37 Å². The Morgan fingerprint density at radius 1 is 1.23 bits per heavy atom. The first-order valence-corrected chi connectivity index (χ1v) is 10.8. The molecule has 31 heavy (non-hydrogen) atoms. The van der Waals surface area contributed by atoms with Crippen LogP contribution in [0.15, 0.2) is 42.7 Å². The van der Waals surface area contributed by atoms with Crippen LogP contribution in [0.1, 0.15) is 30.5 Å². The van der Waals surface area contributed by atoms with Gasteiger partial charge in [0, 0.05) is 35.5 Å². The number of hydrogen-bond donors (Lipinski definition) is 1. The van der Waals surface area contributed by atoms with Crippen molar-refractivity contribution in [1.29, 1.82) is 0 Å². The van der Waals surface area contributed by atoms with Crippen LogP contribution in [0.5, 0.6) is 5.75 Å². The summed E-state index contributed by atoms with van der Waals surface area (Å²) in [4.78, 5) is 19.5. The molecule has 160 valence electrons. The number of amides is 1. The summed E-state index contributed by atoms with van der Waals surface area (Å²) in [6, 6.07) is 8.80. The fourth-order valence-corrected chi connectivity index (χ4v) is 4.12. The van der Waals surface area contributed by atoms with E-state index in [-0.39, 0.29) is 17.6 Å². The van der Waals surface area contributed by atoms with Gasteiger partial charge in [0.25, 0.3) is 0 Å². The number of rotatable bonds is 7. The average molecular weight is 420 g/mol. The van der Waals surface area contributed by atoms with Crippen molar-refractivity contribution < 1.29 is 13.9 Å². The highest BCUT2D eigenvalue weighted by atomic mass is 19.1. The van der Waals surface area contributed by atoms with Crippen molar-refractivity contribution in [2.75, 3.05) is 18.1 Å². The van der Waals surface area contributed by atoms with Crippen LogP contribution in [0.3, 0.4) is 0 Å². The Morgan fingerprint density at radius 3 is 2.84 bits per heavy atom. The van der Waals surface area contributed by atoms with Gasteiger partial charge in [-0.3, -0.25) is 14.8 Å². The summed E-state index contributed by atoms with van der Waals surface area (Å²) in [7, 11) is 0. The minimum Gasteiger partial charge on any atom is -0.490 e. The predicted molar refractivity (Wildman–Crippen MR) is 115 cm³/mol. The first kappa shape index (κ1) is 19.7. The lowest BCUT2D eigenvalue weighted by molar-refractivity contribution is -0.120. The van der Waals surface area contributed by atoms with Gasteiger partial charge in [-0.05, 0) is 68.4 Å². The van der Waals surface area contributed by atoms with Gasteiger partial charge in [-0.2, -0.15) is 5.10 Å². The van der Waals surface area contributed by atoms with Crippen molar-refractivity contribution in [2.24, 2.45) is 11.8 Å². The van der Waals surface area contributed by atoms with E-state index in [4.69, 9.17) is 4.74 Å². The SMILES string of the molecule is Cc1nc(N2CCC(Cc3ccc(F)c(OCC4CC4)c3)C2=O)ccc1-c1cn[nH]c1. The standard InChI is InChI=1S/C24H25FN4O2/c1-15-20(19-12-26-27-13-19)5-7-23(28-15)29-9-8-18(24(29)30)10-17-4-6-21(25)22(11-17)31-14-16-2-3-16/h4-7,11-13,16,18H,2-3,8-10,14H2,1H3,(H,26,27). The van der Waals surface area contributed by atoms with E-state index in [2.05, 4.69) is 15.2 Å². The van der Waals surface area contributed by atoms with Crippen LogP contribution in [0.25, 0.3) is 11.1 Å². The van der Waals surface area contributed by atoms with Crippen molar-refractivity contribution in [2.45, 2.75) is 32.6 Å². The molecule has 2 aliphatic rings. The van der Waals surface area contributed by atoms with Crippen molar-refractivity contribution in [3.8, 4) is 16.9 Å². The summed E-state index contributed by atoms with van der Waals surface area (Å²) in [6.45, 7) is 3.13. The molecule has 1 N–H and O–H groups in total. The number of nitrogens with zero attached hydrogens (tertiary/aromatic N) is 3. The number of aromatic nitrogens is 3. The highest BCUT2D eigenvalue weighted by Crippen LogP contribution is 2.32. The number of carbonyl (C=O) groups excluding carboxylic acids is 1. The van der Waals surface area contributed by atoms with Gasteiger partial charge in [-0.1, -0.05) is 6.07 Å². The maximum Gasteiger partial charge on any atom is 0.231 e. The maximum absolute atomic E-state index is 14.1. The van der Waals surface area contributed by atoms with Crippen LogP contribution in [-0.4, -0.2) is 34.2 Å². The zero-order valence-corrected chi connectivity index (χ0v) is 17.5. The first-order valence-electron chi connectivity index (χ1n) is 10.8. The summed E-state index contributed by atoms with van der Waals surface area (Å²) in [5, 5.41) is 6.80. The van der Waals surface area contributed by atoms with Gasteiger partial charge in [0.1, 0.15) is 5.82 Å². The van der Waals surface area contributed by atoms with E-state index in [9.17, 15) is 9.18 Å². The van der Waals surface area contributed by atoms with Gasteiger partial charge in [0.2, 0.25) is 5.91 Å². The number of H-pyrrole nitrogens is 1. The lowest BCUT2D eigenvalue weighted by Crippen LogP contribution is -2.28. The number of aryl methyl sites for hydroxylation is 1. The van der Waals surface area contributed by atoms with Crippen LogP contribution in [0.4, 0.5) is 10.2 Å². The minimum atomic E-state index is -0.346. The molecule has 0 bridgehead atoms. The van der Waals surface area contributed by atoms with Crippen molar-refractivity contribution in [1.82, 2.24) is 15.2 Å². The predicted octanol–water partition coefficient (Wildman–Crippen LogP) is 4.30. The molecule has 1 aliphatic heterocycles. The quantitative estimate of drug-likeness (QED) is 0.619. The number of benzene rings is 1. The summed E-state index contributed by atoms with van der Waals surface area (Å²) < 4.78 is 19.7. The molecule has 2 aromatic heterocycles. The Kier molecular flexibility index (Phi) is 5.18. The smallest absolute Gasteiger partial charge is 0.231 e. The van der Waals surface area contributed by atoms with E-state index in [1.807, 2.05) is 25.3 Å². The van der Waals surface area contributed by atoms with Crippen LogP contribution >= 0.6 is 0 Å². The van der Waals surface area contributed by atoms with E-state index in [0.717, 1.165) is 41.6 Å². The lowest BCUT2D eigenvalue weighted by atomic mass is 9.98. The average Bonchev–Trinajstić information content (AvgIpc) is 3.30. The van der Waals surface area contributed by atoms with Crippen molar-refractivity contribution in [3.63, 3.8) is 0 Å². The second-order valence-electron chi connectivity index (χ2n) is 8.49. The van der Waals surface area contributed by atoms with Gasteiger partial charge in [0.05, 0.1) is 12.8 Å². The van der Waals surface area contributed by atoms with E-state index in [1.54, 1.807) is 23.2 Å². The molecule has 3 aromatic rings. The molecule has 0 radical (unpaired) electrons. The summed E-state index contributed by atoms with van der Waals surface area (Å²) >= 11 is 0. The molecule has 1 aromatic carbocycles. The van der Waals surface area contributed by atoms with Crippen molar-refractivity contribution >= 4 is 11.7 Å². The second-order valence-corrected chi connectivity index (χ2v) is 8.49. The molecule has 1 aliphatic carbocycles. The zero-order chi connectivity index (χ0) is 21.4. The first-order chi connectivity index (χ1) is 15.1. The zero-order valence-electron chi connectivity index (χ0n) is 17.5. The Hall–Kier alpha value is -3.22. The summed E-state index contributed by atoms with van der Waals surface area (Å²) in [5.74, 6) is 1.10. The third kappa shape index (κ3) is 4.17. The van der Waals surface area contributed by atoms with E-state index in [0.29, 0.717) is 37.1 Å². The number of ether oxygens (including phenoxy) is 1. The molecule has 5 rings (SSSR count). The Bertz CT molecular complexity index is 1090. The second kappa shape index (κ2) is 8.13. The number of carbonyl (C=O) groups is 1. The van der Waals surface area contributed by atoms with E-state index < -0.39 is 0 Å². The number of hydrogen-bond acceptors (Lipinski definition) is 4. The number of pyridine rings is 1. The number of aromatic amines is 1.